The minimum atomic E-state index is -4.92. The number of halogens is 6. The second kappa shape index (κ2) is 8.17. The SMILES string of the molecule is FC(F)(F)c1cc(B2OC(c3ccccc3)(c3ccccc3)C3CCCN23)cc(C(F)(F)F)c1. The highest BCUT2D eigenvalue weighted by atomic mass is 19.4. The molecule has 9 heteroatoms. The van der Waals surface area contributed by atoms with Crippen molar-refractivity contribution in [1.29, 1.82) is 0 Å². The molecule has 1 unspecified atom stereocenters. The molecule has 5 rings (SSSR count). The largest absolute Gasteiger partial charge is 0.419 e. The molecule has 0 spiro atoms. The number of nitrogens with zero attached hydrogens (tertiary/aromatic N) is 1. The summed E-state index contributed by atoms with van der Waals surface area (Å²) in [6.45, 7) is 0.508. The monoisotopic (exact) mass is 475 g/mol. The number of rotatable bonds is 3. The highest BCUT2D eigenvalue weighted by Gasteiger charge is 2.59. The minimum absolute atomic E-state index is 0.150. The standard InChI is InChI=1S/C25H20BF6NO/c27-24(28,29)19-14-20(25(30,31)32)16-21(15-19)26-33-13-7-12-22(33)23(34-26,17-8-3-1-4-9-17)18-10-5-2-6-11-18/h1-6,8-11,14-16,22H,7,12-13H2. The summed E-state index contributed by atoms with van der Waals surface area (Å²) in [7, 11) is -1.06. The lowest BCUT2D eigenvalue weighted by Gasteiger charge is -2.36. The van der Waals surface area contributed by atoms with Crippen LogP contribution in [-0.4, -0.2) is 24.4 Å². The Kier molecular flexibility index (Phi) is 5.52. The lowest BCUT2D eigenvalue weighted by molar-refractivity contribution is -0.142. The van der Waals surface area contributed by atoms with E-state index in [0.717, 1.165) is 29.7 Å². The van der Waals surface area contributed by atoms with E-state index in [-0.39, 0.29) is 17.6 Å². The molecule has 0 aliphatic carbocycles. The number of hydrogen-bond acceptors (Lipinski definition) is 2. The van der Waals surface area contributed by atoms with E-state index in [1.165, 1.54) is 0 Å². The van der Waals surface area contributed by atoms with Crippen molar-refractivity contribution in [3.63, 3.8) is 0 Å². The molecule has 0 aromatic heterocycles. The lowest BCUT2D eigenvalue weighted by atomic mass is 9.71. The molecule has 3 aromatic rings. The van der Waals surface area contributed by atoms with Gasteiger partial charge in [0.15, 0.2) is 0 Å². The first-order valence-electron chi connectivity index (χ1n) is 10.9. The third-order valence-corrected chi connectivity index (χ3v) is 6.66. The third kappa shape index (κ3) is 3.80. The van der Waals surface area contributed by atoms with E-state index in [9.17, 15) is 26.3 Å². The second-order valence-corrected chi connectivity index (χ2v) is 8.67. The molecule has 0 saturated carbocycles. The van der Waals surface area contributed by atoms with Crippen molar-refractivity contribution in [3.05, 3.63) is 101 Å². The molecule has 2 heterocycles. The zero-order valence-electron chi connectivity index (χ0n) is 17.9. The fraction of sp³-hybridized carbons (Fsp3) is 0.280. The molecular weight excluding hydrogens is 455 g/mol. The molecule has 0 bridgehead atoms. The van der Waals surface area contributed by atoms with Crippen LogP contribution >= 0.6 is 0 Å². The fourth-order valence-corrected chi connectivity index (χ4v) is 5.27. The van der Waals surface area contributed by atoms with E-state index in [1.807, 2.05) is 65.5 Å². The third-order valence-electron chi connectivity index (χ3n) is 6.66. The molecule has 0 amide bonds. The summed E-state index contributed by atoms with van der Waals surface area (Å²) in [6, 6.07) is 20.1. The van der Waals surface area contributed by atoms with Crippen LogP contribution in [0.2, 0.25) is 0 Å². The first-order chi connectivity index (χ1) is 16.1. The Balaban J connectivity index is 1.70. The smallest absolute Gasteiger partial charge is 0.402 e. The number of benzene rings is 3. The molecule has 0 radical (unpaired) electrons. The second-order valence-electron chi connectivity index (χ2n) is 8.67. The maximum absolute atomic E-state index is 13.6. The van der Waals surface area contributed by atoms with E-state index in [1.54, 1.807) is 0 Å². The van der Waals surface area contributed by atoms with Gasteiger partial charge < -0.3 is 9.47 Å². The van der Waals surface area contributed by atoms with Crippen LogP contribution < -0.4 is 5.46 Å². The Morgan fingerprint density at radius 1 is 0.765 bits per heavy atom. The molecule has 2 nitrogen and oxygen atoms in total. The quantitative estimate of drug-likeness (QED) is 0.348. The molecular formula is C25H20BF6NO. The van der Waals surface area contributed by atoms with Crippen LogP contribution in [-0.2, 0) is 22.6 Å². The normalized spacial score (nSPS) is 20.5. The zero-order valence-corrected chi connectivity index (χ0v) is 17.9. The topological polar surface area (TPSA) is 12.5 Å². The van der Waals surface area contributed by atoms with E-state index in [4.69, 9.17) is 4.65 Å². The zero-order chi connectivity index (χ0) is 24.1. The van der Waals surface area contributed by atoms with Crippen LogP contribution in [0.5, 0.6) is 0 Å². The van der Waals surface area contributed by atoms with Gasteiger partial charge in [0.25, 0.3) is 0 Å². The molecule has 34 heavy (non-hydrogen) atoms. The van der Waals surface area contributed by atoms with E-state index in [0.29, 0.717) is 13.0 Å². The molecule has 2 aliphatic rings. The van der Waals surface area contributed by atoms with E-state index < -0.39 is 36.1 Å². The maximum atomic E-state index is 13.6. The highest BCUT2D eigenvalue weighted by Crippen LogP contribution is 2.49. The van der Waals surface area contributed by atoms with Crippen molar-refractivity contribution in [1.82, 2.24) is 4.81 Å². The lowest BCUT2D eigenvalue weighted by Crippen LogP contribution is -2.46. The summed E-state index contributed by atoms with van der Waals surface area (Å²) in [5, 5.41) is 0. The average molecular weight is 475 g/mol. The first kappa shape index (κ1) is 23.0. The average Bonchev–Trinajstić information content (AvgIpc) is 3.41. The van der Waals surface area contributed by atoms with E-state index in [2.05, 4.69) is 0 Å². The van der Waals surface area contributed by atoms with Gasteiger partial charge in [-0.3, -0.25) is 0 Å². The number of hydrogen-bond donors (Lipinski definition) is 0. The van der Waals surface area contributed by atoms with Gasteiger partial charge in [-0.1, -0.05) is 72.8 Å². The predicted molar refractivity (Wildman–Crippen MR) is 116 cm³/mol. The van der Waals surface area contributed by atoms with Crippen LogP contribution in [0.3, 0.4) is 0 Å². The van der Waals surface area contributed by atoms with Gasteiger partial charge in [-0.05, 0) is 42.0 Å². The summed E-state index contributed by atoms with van der Waals surface area (Å²) in [4.78, 5) is 1.90. The van der Waals surface area contributed by atoms with E-state index >= 15 is 0 Å². The van der Waals surface area contributed by atoms with Gasteiger partial charge in [0.2, 0.25) is 0 Å². The Morgan fingerprint density at radius 2 is 1.26 bits per heavy atom. The van der Waals surface area contributed by atoms with Gasteiger partial charge >= 0.3 is 19.4 Å². The Morgan fingerprint density at radius 3 is 1.74 bits per heavy atom. The van der Waals surface area contributed by atoms with Gasteiger partial charge in [0.05, 0.1) is 11.1 Å². The molecule has 1 atom stereocenters. The van der Waals surface area contributed by atoms with Crippen LogP contribution in [0.15, 0.2) is 78.9 Å². The Bertz CT molecular complexity index is 1090. The summed E-state index contributed by atoms with van der Waals surface area (Å²) in [5.41, 5.74) is -2.24. The molecule has 0 N–H and O–H groups in total. The van der Waals surface area contributed by atoms with Crippen LogP contribution in [0, 0.1) is 0 Å². The molecule has 2 fully saturated rings. The number of alkyl halides is 6. The summed E-state index contributed by atoms with van der Waals surface area (Å²) < 4.78 is 87.9. The minimum Gasteiger partial charge on any atom is -0.402 e. The Hall–Kier alpha value is -2.78. The van der Waals surface area contributed by atoms with Crippen molar-refractivity contribution in [3.8, 4) is 0 Å². The maximum Gasteiger partial charge on any atom is 0.419 e. The van der Waals surface area contributed by atoms with Crippen LogP contribution in [0.25, 0.3) is 0 Å². The van der Waals surface area contributed by atoms with Gasteiger partial charge in [-0.15, -0.1) is 0 Å². The van der Waals surface area contributed by atoms with Gasteiger partial charge in [0, 0.05) is 6.04 Å². The van der Waals surface area contributed by atoms with Crippen molar-refractivity contribution < 1.29 is 31.0 Å². The first-order valence-corrected chi connectivity index (χ1v) is 10.9. The summed E-state index contributed by atoms with van der Waals surface area (Å²) in [5.74, 6) is 0. The van der Waals surface area contributed by atoms with Crippen molar-refractivity contribution >= 4 is 12.5 Å². The number of fused-ring (bicyclic) bond motifs is 1. The molecule has 3 aromatic carbocycles. The van der Waals surface area contributed by atoms with Gasteiger partial charge in [0.1, 0.15) is 5.60 Å². The highest BCUT2D eigenvalue weighted by molar-refractivity contribution is 6.65. The molecule has 2 aliphatic heterocycles. The molecule has 176 valence electrons. The summed E-state index contributed by atoms with van der Waals surface area (Å²) >= 11 is 0. The van der Waals surface area contributed by atoms with Crippen molar-refractivity contribution in [2.24, 2.45) is 0 Å². The van der Waals surface area contributed by atoms with Gasteiger partial charge in [-0.2, -0.15) is 26.3 Å². The van der Waals surface area contributed by atoms with Gasteiger partial charge in [-0.25, -0.2) is 0 Å². The fourth-order valence-electron chi connectivity index (χ4n) is 5.27. The molecule has 2 saturated heterocycles. The van der Waals surface area contributed by atoms with Crippen LogP contribution in [0.4, 0.5) is 26.3 Å². The van der Waals surface area contributed by atoms with Crippen molar-refractivity contribution in [2.75, 3.05) is 6.54 Å². The summed E-state index contributed by atoms with van der Waals surface area (Å²) in [6.07, 6.45) is -8.38. The van der Waals surface area contributed by atoms with Crippen LogP contribution in [0.1, 0.15) is 35.1 Å². The predicted octanol–water partition coefficient (Wildman–Crippen LogP) is 5.86. The van der Waals surface area contributed by atoms with Crippen molar-refractivity contribution in [2.45, 2.75) is 36.8 Å². The Labute approximate surface area is 193 Å².